The van der Waals surface area contributed by atoms with E-state index < -0.39 is 0 Å². The van der Waals surface area contributed by atoms with Gasteiger partial charge in [0, 0.05) is 42.3 Å². The first-order valence-electron chi connectivity index (χ1n) is 9.07. The first kappa shape index (κ1) is 25.2. The minimum Gasteiger partial charge on any atom is -0.496 e. The van der Waals surface area contributed by atoms with Crippen molar-refractivity contribution in [3.8, 4) is 5.75 Å². The van der Waals surface area contributed by atoms with Gasteiger partial charge in [-0.15, -0.1) is 24.0 Å². The number of guanidine groups is 1. The summed E-state index contributed by atoms with van der Waals surface area (Å²) in [6.07, 6.45) is 0.337. The summed E-state index contributed by atoms with van der Waals surface area (Å²) in [4.78, 5) is 16.4. The van der Waals surface area contributed by atoms with Crippen LogP contribution in [0.25, 0.3) is 0 Å². The standard InChI is InChI=1S/C21H27BrN4O2.HI/c1-14-5-6-16(19(11-14)28-4)13-25-21(23-3)24-10-9-20(27)26-18-8-7-17(22)12-15(18)2;/h5-8,11-12H,9-10,13H2,1-4H3,(H,26,27)(H2,23,24,25);1H. The minimum atomic E-state index is -0.0476. The molecule has 0 atom stereocenters. The van der Waals surface area contributed by atoms with Crippen LogP contribution in [0, 0.1) is 13.8 Å². The lowest BCUT2D eigenvalue weighted by Crippen LogP contribution is -2.38. The second-order valence-electron chi connectivity index (χ2n) is 6.43. The predicted octanol–water partition coefficient (Wildman–Crippen LogP) is 4.39. The summed E-state index contributed by atoms with van der Waals surface area (Å²) in [5, 5.41) is 9.33. The normalized spacial score (nSPS) is 10.7. The number of hydrogen-bond acceptors (Lipinski definition) is 3. The van der Waals surface area contributed by atoms with Crippen molar-refractivity contribution in [1.29, 1.82) is 0 Å². The van der Waals surface area contributed by atoms with Crippen molar-refractivity contribution in [2.24, 2.45) is 4.99 Å². The Labute approximate surface area is 198 Å². The number of aliphatic imine (C=N–C) groups is 1. The van der Waals surface area contributed by atoms with Crippen molar-refractivity contribution in [1.82, 2.24) is 10.6 Å². The lowest BCUT2D eigenvalue weighted by molar-refractivity contribution is -0.116. The Morgan fingerprint density at radius 2 is 1.90 bits per heavy atom. The molecule has 0 unspecified atom stereocenters. The van der Waals surface area contributed by atoms with Gasteiger partial charge in [0.25, 0.3) is 0 Å². The molecule has 0 spiro atoms. The number of rotatable bonds is 7. The minimum absolute atomic E-state index is 0. The summed E-state index contributed by atoms with van der Waals surface area (Å²) in [7, 11) is 3.37. The Bertz CT molecular complexity index is 859. The van der Waals surface area contributed by atoms with Crippen LogP contribution >= 0.6 is 39.9 Å². The van der Waals surface area contributed by atoms with Gasteiger partial charge in [0.05, 0.1) is 7.11 Å². The molecule has 0 radical (unpaired) electrons. The van der Waals surface area contributed by atoms with Gasteiger partial charge in [0.2, 0.25) is 5.91 Å². The van der Waals surface area contributed by atoms with E-state index in [1.165, 1.54) is 0 Å². The highest BCUT2D eigenvalue weighted by Gasteiger charge is 2.07. The van der Waals surface area contributed by atoms with Crippen LogP contribution in [0.5, 0.6) is 5.75 Å². The molecule has 29 heavy (non-hydrogen) atoms. The van der Waals surface area contributed by atoms with Gasteiger partial charge in [-0.1, -0.05) is 28.1 Å². The number of nitrogens with zero attached hydrogens (tertiary/aromatic N) is 1. The molecule has 8 heteroatoms. The average molecular weight is 575 g/mol. The van der Waals surface area contributed by atoms with Gasteiger partial charge in [-0.2, -0.15) is 0 Å². The zero-order chi connectivity index (χ0) is 20.5. The molecule has 6 nitrogen and oxygen atoms in total. The maximum atomic E-state index is 12.2. The number of methoxy groups -OCH3 is 1. The van der Waals surface area contributed by atoms with Crippen LogP contribution in [0.15, 0.2) is 45.9 Å². The molecular weight excluding hydrogens is 547 g/mol. The van der Waals surface area contributed by atoms with Gasteiger partial charge >= 0.3 is 0 Å². The lowest BCUT2D eigenvalue weighted by atomic mass is 10.1. The summed E-state index contributed by atoms with van der Waals surface area (Å²) < 4.78 is 6.41. The summed E-state index contributed by atoms with van der Waals surface area (Å²) in [5.41, 5.74) is 4.03. The van der Waals surface area contributed by atoms with Gasteiger partial charge in [-0.25, -0.2) is 0 Å². The van der Waals surface area contributed by atoms with Crippen LogP contribution in [-0.4, -0.2) is 32.6 Å². The Hall–Kier alpha value is -1.81. The number of amides is 1. The average Bonchev–Trinajstić information content (AvgIpc) is 2.67. The van der Waals surface area contributed by atoms with E-state index in [0.717, 1.165) is 32.6 Å². The molecule has 0 aliphatic carbocycles. The number of anilines is 1. The highest BCUT2D eigenvalue weighted by atomic mass is 127. The largest absolute Gasteiger partial charge is 0.496 e. The molecule has 2 rings (SSSR count). The van der Waals surface area contributed by atoms with Crippen molar-refractivity contribution in [2.45, 2.75) is 26.8 Å². The SMILES string of the molecule is CN=C(NCCC(=O)Nc1ccc(Br)cc1C)NCc1ccc(C)cc1OC.I. The van der Waals surface area contributed by atoms with Crippen LogP contribution in [-0.2, 0) is 11.3 Å². The molecule has 0 aromatic heterocycles. The number of carbonyl (C=O) groups is 1. The Morgan fingerprint density at radius 3 is 2.55 bits per heavy atom. The van der Waals surface area contributed by atoms with Gasteiger partial charge in [-0.05, 0) is 49.2 Å². The number of benzene rings is 2. The number of nitrogens with one attached hydrogen (secondary N) is 3. The first-order valence-corrected chi connectivity index (χ1v) is 9.86. The van der Waals surface area contributed by atoms with Crippen molar-refractivity contribution < 1.29 is 9.53 Å². The van der Waals surface area contributed by atoms with Crippen LogP contribution in [0.3, 0.4) is 0 Å². The van der Waals surface area contributed by atoms with E-state index in [1.54, 1.807) is 14.2 Å². The third-order valence-corrected chi connectivity index (χ3v) is 4.71. The quantitative estimate of drug-likeness (QED) is 0.260. The molecule has 3 N–H and O–H groups in total. The number of hydrogen-bond donors (Lipinski definition) is 3. The number of aryl methyl sites for hydroxylation is 2. The summed E-state index contributed by atoms with van der Waals surface area (Å²) in [6.45, 7) is 5.05. The monoisotopic (exact) mass is 574 g/mol. The number of ether oxygens (including phenoxy) is 1. The Kier molecular flexibility index (Phi) is 11.0. The molecule has 0 aliphatic heterocycles. The smallest absolute Gasteiger partial charge is 0.226 e. The molecular formula is C21H28BrIN4O2. The van der Waals surface area contributed by atoms with E-state index >= 15 is 0 Å². The van der Waals surface area contributed by atoms with Crippen molar-refractivity contribution in [3.05, 3.63) is 57.6 Å². The fourth-order valence-corrected chi connectivity index (χ4v) is 3.15. The molecule has 2 aromatic carbocycles. The molecule has 0 saturated heterocycles. The summed E-state index contributed by atoms with van der Waals surface area (Å²) >= 11 is 3.42. The Balaban J connectivity index is 0.00000420. The van der Waals surface area contributed by atoms with E-state index in [1.807, 2.05) is 50.2 Å². The number of carbonyl (C=O) groups excluding carboxylic acids is 1. The topological polar surface area (TPSA) is 74.8 Å². The van der Waals surface area contributed by atoms with E-state index in [-0.39, 0.29) is 29.9 Å². The third kappa shape index (κ3) is 8.22. The molecule has 1 amide bonds. The van der Waals surface area contributed by atoms with Crippen LogP contribution in [0.2, 0.25) is 0 Å². The van der Waals surface area contributed by atoms with E-state index in [9.17, 15) is 4.79 Å². The fourth-order valence-electron chi connectivity index (χ4n) is 2.67. The van der Waals surface area contributed by atoms with Crippen molar-refractivity contribution >= 4 is 57.5 Å². The van der Waals surface area contributed by atoms with E-state index in [0.29, 0.717) is 25.5 Å². The summed E-state index contributed by atoms with van der Waals surface area (Å²) in [5.74, 6) is 1.43. The maximum Gasteiger partial charge on any atom is 0.226 e. The van der Waals surface area contributed by atoms with Gasteiger partial charge < -0.3 is 20.7 Å². The number of halogens is 2. The van der Waals surface area contributed by atoms with Gasteiger partial charge in [0.1, 0.15) is 5.75 Å². The van der Waals surface area contributed by atoms with Crippen LogP contribution in [0.1, 0.15) is 23.1 Å². The van der Waals surface area contributed by atoms with Crippen molar-refractivity contribution in [3.63, 3.8) is 0 Å². The predicted molar refractivity (Wildman–Crippen MR) is 133 cm³/mol. The zero-order valence-corrected chi connectivity index (χ0v) is 21.1. The first-order chi connectivity index (χ1) is 13.4. The molecule has 0 heterocycles. The van der Waals surface area contributed by atoms with Gasteiger partial charge in [0.15, 0.2) is 5.96 Å². The molecule has 2 aromatic rings. The highest BCUT2D eigenvalue weighted by Crippen LogP contribution is 2.20. The molecule has 158 valence electrons. The molecule has 0 fully saturated rings. The van der Waals surface area contributed by atoms with Crippen LogP contribution < -0.4 is 20.7 Å². The van der Waals surface area contributed by atoms with E-state index in [2.05, 4.69) is 36.9 Å². The fraction of sp³-hybridized carbons (Fsp3) is 0.333. The molecule has 0 bridgehead atoms. The molecule has 0 aliphatic rings. The third-order valence-electron chi connectivity index (χ3n) is 4.22. The lowest BCUT2D eigenvalue weighted by Gasteiger charge is -2.14. The van der Waals surface area contributed by atoms with E-state index in [4.69, 9.17) is 4.74 Å². The maximum absolute atomic E-state index is 12.2. The Morgan fingerprint density at radius 1 is 1.14 bits per heavy atom. The van der Waals surface area contributed by atoms with Crippen molar-refractivity contribution in [2.75, 3.05) is 26.0 Å². The highest BCUT2D eigenvalue weighted by molar-refractivity contribution is 14.0. The summed E-state index contributed by atoms with van der Waals surface area (Å²) in [6, 6.07) is 11.8. The van der Waals surface area contributed by atoms with Gasteiger partial charge in [-0.3, -0.25) is 9.79 Å². The molecule has 0 saturated carbocycles. The second-order valence-corrected chi connectivity index (χ2v) is 7.34. The second kappa shape index (κ2) is 12.7. The van der Waals surface area contributed by atoms with Crippen LogP contribution in [0.4, 0.5) is 5.69 Å². The zero-order valence-electron chi connectivity index (χ0n) is 17.1.